The summed E-state index contributed by atoms with van der Waals surface area (Å²) < 4.78 is 10.4. The highest BCUT2D eigenvalue weighted by Gasteiger charge is 2.11. The van der Waals surface area contributed by atoms with E-state index in [2.05, 4.69) is 5.32 Å². The highest BCUT2D eigenvalue weighted by Crippen LogP contribution is 2.30. The van der Waals surface area contributed by atoms with Crippen LogP contribution >= 0.6 is 0 Å². The van der Waals surface area contributed by atoms with Crippen LogP contribution in [0, 0.1) is 0 Å². The van der Waals surface area contributed by atoms with Gasteiger partial charge in [0.15, 0.2) is 11.5 Å². The number of amides is 1. The number of carboxylic acid groups (broad SMARTS) is 1. The van der Waals surface area contributed by atoms with Crippen molar-refractivity contribution in [2.45, 2.75) is 19.4 Å². The summed E-state index contributed by atoms with van der Waals surface area (Å²) in [5.41, 5.74) is 0.769. The number of nitrogens with one attached hydrogen (secondary N) is 1. The van der Waals surface area contributed by atoms with E-state index in [0.717, 1.165) is 5.56 Å². The molecular formula is C13H17NO5. The molecule has 104 valence electrons. The van der Waals surface area contributed by atoms with Crippen molar-refractivity contribution >= 4 is 11.9 Å². The lowest BCUT2D eigenvalue weighted by Crippen LogP contribution is -2.23. The Bertz CT molecular complexity index is 458. The van der Waals surface area contributed by atoms with Crippen molar-refractivity contribution in [2.24, 2.45) is 0 Å². The number of aliphatic carboxylic acids is 1. The van der Waals surface area contributed by atoms with Gasteiger partial charge in [0.25, 0.3) is 0 Å². The number of methoxy groups -OCH3 is 2. The molecule has 19 heavy (non-hydrogen) atoms. The molecule has 6 nitrogen and oxygen atoms in total. The number of carbonyl (C=O) groups excluding carboxylic acids is 1. The van der Waals surface area contributed by atoms with Crippen LogP contribution in [0.3, 0.4) is 0 Å². The summed E-state index contributed by atoms with van der Waals surface area (Å²) in [6.45, 7) is 0.263. The van der Waals surface area contributed by atoms with E-state index >= 15 is 0 Å². The van der Waals surface area contributed by atoms with Gasteiger partial charge in [-0.15, -0.1) is 0 Å². The SMILES string of the molecule is COc1cccc(CNC(=O)CCC(=O)O)c1OC. The molecule has 0 bridgehead atoms. The van der Waals surface area contributed by atoms with Crippen LogP contribution in [-0.4, -0.2) is 31.2 Å². The second kappa shape index (κ2) is 7.25. The molecule has 2 N–H and O–H groups in total. The van der Waals surface area contributed by atoms with Gasteiger partial charge in [0.05, 0.1) is 20.6 Å². The molecule has 1 aromatic rings. The standard InChI is InChI=1S/C13H17NO5/c1-18-10-5-3-4-9(13(10)19-2)8-14-11(15)6-7-12(16)17/h3-5H,6-8H2,1-2H3,(H,14,15)(H,16,17). The van der Waals surface area contributed by atoms with Gasteiger partial charge >= 0.3 is 5.97 Å². The largest absolute Gasteiger partial charge is 0.493 e. The number of rotatable bonds is 7. The molecule has 0 saturated heterocycles. The second-order valence-corrected chi connectivity index (χ2v) is 3.82. The zero-order valence-electron chi connectivity index (χ0n) is 10.9. The van der Waals surface area contributed by atoms with Crippen LogP contribution in [-0.2, 0) is 16.1 Å². The van der Waals surface area contributed by atoms with Gasteiger partial charge in [0.2, 0.25) is 5.91 Å². The van der Waals surface area contributed by atoms with E-state index in [-0.39, 0.29) is 25.3 Å². The van der Waals surface area contributed by atoms with Crippen LogP contribution in [0.5, 0.6) is 11.5 Å². The molecule has 0 fully saturated rings. The number of carbonyl (C=O) groups is 2. The summed E-state index contributed by atoms with van der Waals surface area (Å²) in [5, 5.41) is 11.1. The molecule has 0 aromatic heterocycles. The van der Waals surface area contributed by atoms with Crippen LogP contribution in [0.4, 0.5) is 0 Å². The highest BCUT2D eigenvalue weighted by molar-refractivity contribution is 5.80. The number of hydrogen-bond donors (Lipinski definition) is 2. The number of hydrogen-bond acceptors (Lipinski definition) is 4. The van der Waals surface area contributed by atoms with Gasteiger partial charge in [-0.1, -0.05) is 12.1 Å². The minimum atomic E-state index is -0.992. The smallest absolute Gasteiger partial charge is 0.303 e. The fourth-order valence-electron chi connectivity index (χ4n) is 1.60. The van der Waals surface area contributed by atoms with Gasteiger partial charge in [0.1, 0.15) is 0 Å². The van der Waals surface area contributed by atoms with Gasteiger partial charge < -0.3 is 19.9 Å². The van der Waals surface area contributed by atoms with Gasteiger partial charge in [-0.2, -0.15) is 0 Å². The summed E-state index contributed by atoms with van der Waals surface area (Å²) in [6, 6.07) is 5.35. The van der Waals surface area contributed by atoms with E-state index < -0.39 is 5.97 Å². The fourth-order valence-corrected chi connectivity index (χ4v) is 1.60. The van der Waals surface area contributed by atoms with E-state index in [0.29, 0.717) is 11.5 Å². The lowest BCUT2D eigenvalue weighted by atomic mass is 10.1. The quantitative estimate of drug-likeness (QED) is 0.775. The molecule has 0 aliphatic rings. The van der Waals surface area contributed by atoms with Crippen LogP contribution in [0.1, 0.15) is 18.4 Å². The monoisotopic (exact) mass is 267 g/mol. The maximum Gasteiger partial charge on any atom is 0.303 e. The minimum Gasteiger partial charge on any atom is -0.493 e. The molecule has 1 amide bonds. The molecule has 6 heteroatoms. The molecule has 0 unspecified atom stereocenters. The Hall–Kier alpha value is -2.24. The Morgan fingerprint density at radius 3 is 2.53 bits per heavy atom. The van der Waals surface area contributed by atoms with E-state index in [9.17, 15) is 9.59 Å². The third-order valence-electron chi connectivity index (χ3n) is 2.53. The molecule has 0 aliphatic carbocycles. The predicted molar refractivity (Wildman–Crippen MR) is 68.3 cm³/mol. The second-order valence-electron chi connectivity index (χ2n) is 3.82. The first-order chi connectivity index (χ1) is 9.08. The van der Waals surface area contributed by atoms with Crippen molar-refractivity contribution in [1.29, 1.82) is 0 Å². The lowest BCUT2D eigenvalue weighted by Gasteiger charge is -2.13. The normalized spacial score (nSPS) is 9.79. The molecule has 0 saturated carbocycles. The third-order valence-corrected chi connectivity index (χ3v) is 2.53. The molecule has 0 radical (unpaired) electrons. The Kier molecular flexibility index (Phi) is 5.66. The number of ether oxygens (including phenoxy) is 2. The molecule has 0 spiro atoms. The first-order valence-corrected chi connectivity index (χ1v) is 5.76. The van der Waals surface area contributed by atoms with Gasteiger partial charge in [-0.3, -0.25) is 9.59 Å². The topological polar surface area (TPSA) is 84.9 Å². The van der Waals surface area contributed by atoms with Crippen LogP contribution in [0.2, 0.25) is 0 Å². The van der Waals surface area contributed by atoms with Crippen molar-refractivity contribution in [3.8, 4) is 11.5 Å². The zero-order valence-corrected chi connectivity index (χ0v) is 10.9. The van der Waals surface area contributed by atoms with Gasteiger partial charge in [0, 0.05) is 18.5 Å². The fraction of sp³-hybridized carbons (Fsp3) is 0.385. The van der Waals surface area contributed by atoms with Crippen molar-refractivity contribution in [2.75, 3.05) is 14.2 Å². The Balaban J connectivity index is 2.62. The molecule has 0 atom stereocenters. The average molecular weight is 267 g/mol. The minimum absolute atomic E-state index is 0.0401. The predicted octanol–water partition coefficient (Wildman–Crippen LogP) is 1.18. The first-order valence-electron chi connectivity index (χ1n) is 5.76. The van der Waals surface area contributed by atoms with E-state index in [1.807, 2.05) is 0 Å². The van der Waals surface area contributed by atoms with Crippen LogP contribution < -0.4 is 14.8 Å². The summed E-state index contributed by atoms with van der Waals surface area (Å²) >= 11 is 0. The maximum absolute atomic E-state index is 11.4. The highest BCUT2D eigenvalue weighted by atomic mass is 16.5. The summed E-state index contributed by atoms with van der Waals surface area (Å²) in [6.07, 6.45) is -0.220. The molecule has 1 aromatic carbocycles. The van der Waals surface area contributed by atoms with Gasteiger partial charge in [-0.05, 0) is 6.07 Å². The van der Waals surface area contributed by atoms with Crippen molar-refractivity contribution in [3.63, 3.8) is 0 Å². The summed E-state index contributed by atoms with van der Waals surface area (Å²) in [5.74, 6) is -0.162. The number of carboxylic acids is 1. The van der Waals surface area contributed by atoms with Crippen molar-refractivity contribution in [3.05, 3.63) is 23.8 Å². The number of para-hydroxylation sites is 1. The molecule has 1 rings (SSSR count). The summed E-state index contributed by atoms with van der Waals surface area (Å²) in [7, 11) is 3.06. The van der Waals surface area contributed by atoms with Crippen LogP contribution in [0.15, 0.2) is 18.2 Å². The van der Waals surface area contributed by atoms with E-state index in [4.69, 9.17) is 14.6 Å². The van der Waals surface area contributed by atoms with Crippen LogP contribution in [0.25, 0.3) is 0 Å². The molecule has 0 aliphatic heterocycles. The van der Waals surface area contributed by atoms with E-state index in [1.165, 1.54) is 14.2 Å². The Morgan fingerprint density at radius 2 is 1.95 bits per heavy atom. The first kappa shape index (κ1) is 14.8. The molecule has 0 heterocycles. The molecular weight excluding hydrogens is 250 g/mol. The maximum atomic E-state index is 11.4. The average Bonchev–Trinajstić information content (AvgIpc) is 2.42. The van der Waals surface area contributed by atoms with E-state index in [1.54, 1.807) is 18.2 Å². The van der Waals surface area contributed by atoms with Crippen molar-refractivity contribution < 1.29 is 24.2 Å². The zero-order chi connectivity index (χ0) is 14.3. The third kappa shape index (κ3) is 4.50. The van der Waals surface area contributed by atoms with Crippen molar-refractivity contribution in [1.82, 2.24) is 5.32 Å². The number of benzene rings is 1. The lowest BCUT2D eigenvalue weighted by molar-refractivity contribution is -0.138. The van der Waals surface area contributed by atoms with Gasteiger partial charge in [-0.25, -0.2) is 0 Å². The Labute approximate surface area is 111 Å². The Morgan fingerprint density at radius 1 is 1.21 bits per heavy atom. The summed E-state index contributed by atoms with van der Waals surface area (Å²) in [4.78, 5) is 21.8.